The van der Waals surface area contributed by atoms with E-state index >= 15 is 0 Å². The van der Waals surface area contributed by atoms with Crippen molar-refractivity contribution in [1.29, 1.82) is 0 Å². The lowest BCUT2D eigenvalue weighted by atomic mass is 9.67. The summed E-state index contributed by atoms with van der Waals surface area (Å²) in [5.74, 6) is 0.507. The largest absolute Gasteiger partial charge is 0.444 e. The van der Waals surface area contributed by atoms with Crippen LogP contribution in [0, 0.1) is 5.41 Å². The molecule has 3 aliphatic rings. The smallest absolute Gasteiger partial charge is 0.410 e. The molecule has 1 N–H and O–H groups in total. The van der Waals surface area contributed by atoms with Gasteiger partial charge < -0.3 is 24.4 Å². The molecule has 1 amide bonds. The van der Waals surface area contributed by atoms with Crippen LogP contribution in [0.1, 0.15) is 109 Å². The first-order valence-electron chi connectivity index (χ1n) is 14.4. The van der Waals surface area contributed by atoms with Gasteiger partial charge in [0, 0.05) is 38.9 Å². The fourth-order valence-electron chi connectivity index (χ4n) is 6.26. The molecule has 210 valence electrons. The van der Waals surface area contributed by atoms with Crippen LogP contribution in [0.5, 0.6) is 0 Å². The van der Waals surface area contributed by atoms with Gasteiger partial charge in [-0.3, -0.25) is 0 Å². The van der Waals surface area contributed by atoms with Crippen LogP contribution in [-0.4, -0.2) is 71.9 Å². The number of amides is 1. The van der Waals surface area contributed by atoms with Gasteiger partial charge in [0.15, 0.2) is 0 Å². The monoisotopic (exact) mass is 518 g/mol. The fraction of sp³-hybridized carbons (Fsp3) is 0.862. The average Bonchev–Trinajstić information content (AvgIpc) is 3.39. The Morgan fingerprint density at radius 1 is 1.22 bits per heavy atom. The van der Waals surface area contributed by atoms with Crippen molar-refractivity contribution in [2.75, 3.05) is 39.9 Å². The number of hydrogen-bond donors (Lipinski definition) is 1. The van der Waals surface area contributed by atoms with Crippen molar-refractivity contribution in [1.82, 2.24) is 20.0 Å². The first-order valence-corrected chi connectivity index (χ1v) is 14.4. The van der Waals surface area contributed by atoms with E-state index in [0.717, 1.165) is 45.6 Å². The van der Waals surface area contributed by atoms with E-state index < -0.39 is 5.60 Å². The molecule has 2 aliphatic heterocycles. The van der Waals surface area contributed by atoms with Crippen LogP contribution < -0.4 is 5.32 Å². The maximum atomic E-state index is 12.2. The second-order valence-electron chi connectivity index (χ2n) is 13.2. The molecule has 0 radical (unpaired) electrons. The quantitative estimate of drug-likeness (QED) is 0.463. The zero-order valence-corrected chi connectivity index (χ0v) is 24.1. The molecule has 0 aromatic carbocycles. The number of nitrogens with zero attached hydrogens (tertiary/aromatic N) is 3. The third-order valence-corrected chi connectivity index (χ3v) is 8.19. The summed E-state index contributed by atoms with van der Waals surface area (Å²) in [5, 5.41) is 8.66. The van der Waals surface area contributed by atoms with Crippen LogP contribution in [-0.2, 0) is 20.6 Å². The third-order valence-electron chi connectivity index (χ3n) is 8.19. The molecule has 4 rings (SSSR count). The lowest BCUT2D eigenvalue weighted by molar-refractivity contribution is -0.0398. The van der Waals surface area contributed by atoms with Crippen molar-refractivity contribution in [3.05, 3.63) is 17.5 Å². The maximum absolute atomic E-state index is 12.2. The van der Waals surface area contributed by atoms with Crippen molar-refractivity contribution in [3.8, 4) is 0 Å². The van der Waals surface area contributed by atoms with Gasteiger partial charge in [-0.05, 0) is 110 Å². The Labute approximate surface area is 223 Å². The summed E-state index contributed by atoms with van der Waals surface area (Å²) in [6.45, 7) is 14.1. The number of carbonyl (C=O) groups excluding carboxylic acids is 1. The van der Waals surface area contributed by atoms with Gasteiger partial charge >= 0.3 is 6.09 Å². The minimum absolute atomic E-state index is 0.0150. The van der Waals surface area contributed by atoms with E-state index in [0.29, 0.717) is 17.9 Å². The van der Waals surface area contributed by atoms with Gasteiger partial charge in [-0.1, -0.05) is 0 Å². The summed E-state index contributed by atoms with van der Waals surface area (Å²) in [6.07, 6.45) is 12.3. The molecule has 1 spiro atoms. The minimum atomic E-state index is -0.475. The van der Waals surface area contributed by atoms with Crippen LogP contribution in [0.3, 0.4) is 0 Å². The number of hydrogen-bond acceptors (Lipinski definition) is 6. The molecule has 8 heteroatoms. The highest BCUT2D eigenvalue weighted by Gasteiger charge is 2.46. The number of aromatic nitrogens is 2. The number of nitrogens with one attached hydrogen (secondary N) is 1. The van der Waals surface area contributed by atoms with Crippen LogP contribution in [0.4, 0.5) is 4.79 Å². The second kappa shape index (κ2) is 11.6. The zero-order chi connectivity index (χ0) is 26.7. The summed E-state index contributed by atoms with van der Waals surface area (Å²) >= 11 is 0. The SMILES string of the molecule is CN(CCNCCc1cn(C2CCCCO2)nc1C1CCC2(CC1)COC(C)(C)C2)C(=O)OC(C)(C)C. The highest BCUT2D eigenvalue weighted by atomic mass is 16.6. The summed E-state index contributed by atoms with van der Waals surface area (Å²) in [4.78, 5) is 13.8. The van der Waals surface area contributed by atoms with E-state index in [1.165, 1.54) is 49.8 Å². The minimum Gasteiger partial charge on any atom is -0.444 e. The molecule has 37 heavy (non-hydrogen) atoms. The molecular formula is C29H50N4O4. The predicted octanol–water partition coefficient (Wildman–Crippen LogP) is 5.42. The van der Waals surface area contributed by atoms with Crippen LogP contribution in [0.2, 0.25) is 0 Å². The van der Waals surface area contributed by atoms with Crippen molar-refractivity contribution in [2.24, 2.45) is 5.41 Å². The summed E-state index contributed by atoms with van der Waals surface area (Å²) < 4.78 is 19.7. The molecule has 3 fully saturated rings. The lowest BCUT2D eigenvalue weighted by Crippen LogP contribution is -2.38. The van der Waals surface area contributed by atoms with Gasteiger partial charge in [0.05, 0.1) is 17.9 Å². The molecule has 0 bridgehead atoms. The molecular weight excluding hydrogens is 468 g/mol. The van der Waals surface area contributed by atoms with Gasteiger partial charge in [-0.15, -0.1) is 0 Å². The Morgan fingerprint density at radius 2 is 1.97 bits per heavy atom. The van der Waals surface area contributed by atoms with Gasteiger partial charge in [0.1, 0.15) is 11.8 Å². The summed E-state index contributed by atoms with van der Waals surface area (Å²) in [5.41, 5.74) is 2.51. The first-order chi connectivity index (χ1) is 17.5. The molecule has 2 saturated heterocycles. The van der Waals surface area contributed by atoms with Gasteiger partial charge in [0.2, 0.25) is 0 Å². The third kappa shape index (κ3) is 7.70. The Kier molecular flexibility index (Phi) is 8.91. The predicted molar refractivity (Wildman–Crippen MR) is 145 cm³/mol. The molecule has 3 heterocycles. The average molecular weight is 519 g/mol. The Hall–Kier alpha value is -1.64. The highest BCUT2D eigenvalue weighted by molar-refractivity contribution is 5.67. The van der Waals surface area contributed by atoms with E-state index in [1.54, 1.807) is 11.9 Å². The maximum Gasteiger partial charge on any atom is 0.410 e. The number of rotatable bonds is 8. The van der Waals surface area contributed by atoms with E-state index in [2.05, 4.69) is 30.0 Å². The van der Waals surface area contributed by atoms with Crippen molar-refractivity contribution < 1.29 is 19.0 Å². The van der Waals surface area contributed by atoms with Crippen LogP contribution in [0.15, 0.2) is 6.20 Å². The highest BCUT2D eigenvalue weighted by Crippen LogP contribution is 2.52. The standard InChI is InChI=1S/C29H50N4O4/c1-27(2,3)37-26(34)32(6)17-16-30-15-12-23-19-33(24-9-7-8-18-35-24)31-25(23)22-10-13-29(14-11-22)20-28(4,5)36-21-29/h19,22,24,30H,7-18,20-21H2,1-6H3. The number of carbonyl (C=O) groups is 1. The van der Waals surface area contributed by atoms with E-state index in [4.69, 9.17) is 19.3 Å². The Bertz CT molecular complexity index is 892. The second-order valence-corrected chi connectivity index (χ2v) is 13.2. The fourth-order valence-corrected chi connectivity index (χ4v) is 6.26. The van der Waals surface area contributed by atoms with Crippen LogP contribution in [0.25, 0.3) is 0 Å². The summed E-state index contributed by atoms with van der Waals surface area (Å²) in [6, 6.07) is 0. The molecule has 1 atom stereocenters. The number of ether oxygens (including phenoxy) is 3. The topological polar surface area (TPSA) is 77.9 Å². The Balaban J connectivity index is 1.33. The van der Waals surface area contributed by atoms with E-state index in [9.17, 15) is 4.79 Å². The molecule has 1 aromatic rings. The van der Waals surface area contributed by atoms with Crippen molar-refractivity contribution in [2.45, 2.75) is 116 Å². The van der Waals surface area contributed by atoms with E-state index in [1.807, 2.05) is 20.8 Å². The molecule has 1 unspecified atom stereocenters. The van der Waals surface area contributed by atoms with Gasteiger partial charge in [-0.2, -0.15) is 5.10 Å². The summed E-state index contributed by atoms with van der Waals surface area (Å²) in [7, 11) is 1.79. The van der Waals surface area contributed by atoms with Gasteiger partial charge in [-0.25, -0.2) is 9.48 Å². The molecule has 1 aromatic heterocycles. The number of likely N-dealkylation sites (N-methyl/N-ethyl adjacent to an activating group) is 1. The van der Waals surface area contributed by atoms with Crippen molar-refractivity contribution >= 4 is 6.09 Å². The molecule has 1 saturated carbocycles. The normalized spacial score (nSPS) is 27.9. The van der Waals surface area contributed by atoms with E-state index in [-0.39, 0.29) is 17.9 Å². The first kappa shape index (κ1) is 28.4. The zero-order valence-electron chi connectivity index (χ0n) is 24.1. The van der Waals surface area contributed by atoms with Crippen molar-refractivity contribution in [3.63, 3.8) is 0 Å². The molecule has 1 aliphatic carbocycles. The Morgan fingerprint density at radius 3 is 2.59 bits per heavy atom. The lowest BCUT2D eigenvalue weighted by Gasteiger charge is -2.36. The van der Waals surface area contributed by atoms with Gasteiger partial charge in [0.25, 0.3) is 0 Å². The van der Waals surface area contributed by atoms with Crippen LogP contribution >= 0.6 is 0 Å². The molecule has 8 nitrogen and oxygen atoms in total.